The molecule has 0 bridgehead atoms. The smallest absolute Gasteiger partial charge is 0.325 e. The van der Waals surface area contributed by atoms with Crippen LogP contribution in [0.5, 0.6) is 0 Å². The first kappa shape index (κ1) is 17.8. The lowest BCUT2D eigenvalue weighted by molar-refractivity contribution is -0.144. The first-order chi connectivity index (χ1) is 11.7. The van der Waals surface area contributed by atoms with E-state index in [1.807, 2.05) is 60.7 Å². The summed E-state index contributed by atoms with van der Waals surface area (Å²) in [5.41, 5.74) is 2.39. The molecule has 4 nitrogen and oxygen atoms in total. The number of rotatable bonds is 7. The molecule has 5 heteroatoms. The lowest BCUT2D eigenvalue weighted by Crippen LogP contribution is -2.32. The molecule has 24 heavy (non-hydrogen) atoms. The molecule has 124 valence electrons. The molecule has 0 radical (unpaired) electrons. The molecular weight excluding hydrogens is 322 g/mol. The minimum Gasteiger partial charge on any atom is -0.460 e. The van der Waals surface area contributed by atoms with Crippen LogP contribution >= 0.6 is 12.6 Å². The van der Waals surface area contributed by atoms with Crippen molar-refractivity contribution in [2.24, 2.45) is 0 Å². The molecule has 0 atom stereocenters. The standard InChI is InChI=1S/C19H19NO3S/c21-18(23-13-16-9-5-2-6-10-16)12-20-19(22)17(14-24)11-15-7-3-1-4-8-15/h1-10,14,24H,11-13H2,(H,20,22)/b17-14-. The van der Waals surface area contributed by atoms with Crippen molar-refractivity contribution >= 4 is 24.5 Å². The van der Waals surface area contributed by atoms with Gasteiger partial charge in [0.1, 0.15) is 13.2 Å². The van der Waals surface area contributed by atoms with Gasteiger partial charge in [0.05, 0.1) is 0 Å². The van der Waals surface area contributed by atoms with Gasteiger partial charge in [-0.1, -0.05) is 60.7 Å². The molecule has 0 aromatic heterocycles. The van der Waals surface area contributed by atoms with E-state index >= 15 is 0 Å². The summed E-state index contributed by atoms with van der Waals surface area (Å²) in [6.07, 6.45) is 0.454. The number of benzene rings is 2. The van der Waals surface area contributed by atoms with Crippen molar-refractivity contribution in [1.82, 2.24) is 5.32 Å². The Bertz CT molecular complexity index is 699. The Balaban J connectivity index is 1.77. The van der Waals surface area contributed by atoms with Crippen LogP contribution in [0.25, 0.3) is 0 Å². The minimum atomic E-state index is -0.481. The zero-order chi connectivity index (χ0) is 17.2. The summed E-state index contributed by atoms with van der Waals surface area (Å²) in [4.78, 5) is 23.8. The lowest BCUT2D eigenvalue weighted by atomic mass is 10.1. The third-order valence-corrected chi connectivity index (χ3v) is 3.63. The fourth-order valence-corrected chi connectivity index (χ4v) is 2.26. The van der Waals surface area contributed by atoms with Crippen molar-refractivity contribution in [3.05, 3.63) is 82.8 Å². The number of nitrogens with one attached hydrogen (secondary N) is 1. The van der Waals surface area contributed by atoms with Gasteiger partial charge in [0.15, 0.2) is 0 Å². The van der Waals surface area contributed by atoms with E-state index in [1.54, 1.807) is 0 Å². The zero-order valence-electron chi connectivity index (χ0n) is 13.1. The highest BCUT2D eigenvalue weighted by molar-refractivity contribution is 7.83. The van der Waals surface area contributed by atoms with Crippen LogP contribution in [0, 0.1) is 0 Å². The van der Waals surface area contributed by atoms with E-state index in [-0.39, 0.29) is 19.1 Å². The zero-order valence-corrected chi connectivity index (χ0v) is 14.0. The molecule has 2 aromatic rings. The van der Waals surface area contributed by atoms with Gasteiger partial charge >= 0.3 is 5.97 Å². The summed E-state index contributed by atoms with van der Waals surface area (Å²) in [6, 6.07) is 19.0. The molecule has 0 unspecified atom stereocenters. The van der Waals surface area contributed by atoms with Crippen LogP contribution in [0.4, 0.5) is 0 Å². The van der Waals surface area contributed by atoms with E-state index in [0.717, 1.165) is 11.1 Å². The SMILES string of the molecule is O=C(CNC(=O)/C(=C\S)Cc1ccccc1)OCc1ccccc1. The molecule has 1 amide bonds. The summed E-state index contributed by atoms with van der Waals surface area (Å²) in [5, 5.41) is 4.02. The van der Waals surface area contributed by atoms with Gasteiger partial charge in [0.25, 0.3) is 0 Å². The Hall–Kier alpha value is -2.53. The highest BCUT2D eigenvalue weighted by atomic mass is 32.1. The van der Waals surface area contributed by atoms with Crippen molar-refractivity contribution in [2.45, 2.75) is 13.0 Å². The summed E-state index contributed by atoms with van der Waals surface area (Å²) in [6.45, 7) is 0.0143. The average molecular weight is 341 g/mol. The second-order valence-corrected chi connectivity index (χ2v) is 5.40. The highest BCUT2D eigenvalue weighted by Gasteiger charge is 2.12. The van der Waals surface area contributed by atoms with Gasteiger partial charge < -0.3 is 10.1 Å². The molecule has 0 aliphatic heterocycles. The number of ether oxygens (including phenoxy) is 1. The van der Waals surface area contributed by atoms with Crippen molar-refractivity contribution in [2.75, 3.05) is 6.54 Å². The van der Waals surface area contributed by atoms with Gasteiger partial charge in [-0.25, -0.2) is 0 Å². The first-order valence-electron chi connectivity index (χ1n) is 7.54. The monoisotopic (exact) mass is 341 g/mol. The molecule has 0 aliphatic rings. The van der Waals surface area contributed by atoms with E-state index in [2.05, 4.69) is 17.9 Å². The van der Waals surface area contributed by atoms with E-state index in [4.69, 9.17) is 4.74 Å². The maximum Gasteiger partial charge on any atom is 0.325 e. The predicted molar refractivity (Wildman–Crippen MR) is 96.5 cm³/mol. The number of carbonyl (C=O) groups excluding carboxylic acids is 2. The van der Waals surface area contributed by atoms with E-state index in [9.17, 15) is 9.59 Å². The summed E-state index contributed by atoms with van der Waals surface area (Å²) < 4.78 is 5.12. The van der Waals surface area contributed by atoms with Gasteiger partial charge in [-0.15, -0.1) is 0 Å². The molecular formula is C19H19NO3S. The highest BCUT2D eigenvalue weighted by Crippen LogP contribution is 2.09. The Morgan fingerprint density at radius 1 is 0.958 bits per heavy atom. The first-order valence-corrected chi connectivity index (χ1v) is 8.05. The molecule has 0 heterocycles. The fourth-order valence-electron chi connectivity index (χ4n) is 2.06. The largest absolute Gasteiger partial charge is 0.460 e. The van der Waals surface area contributed by atoms with Crippen molar-refractivity contribution in [3.8, 4) is 0 Å². The lowest BCUT2D eigenvalue weighted by Gasteiger charge is -2.09. The average Bonchev–Trinajstić information content (AvgIpc) is 2.64. The van der Waals surface area contributed by atoms with Crippen molar-refractivity contribution in [3.63, 3.8) is 0 Å². The third kappa shape index (κ3) is 5.93. The quantitative estimate of drug-likeness (QED) is 0.462. The summed E-state index contributed by atoms with van der Waals surface area (Å²) in [5.74, 6) is -0.809. The molecule has 1 N–H and O–H groups in total. The summed E-state index contributed by atoms with van der Waals surface area (Å²) >= 11 is 4.08. The minimum absolute atomic E-state index is 0.175. The molecule has 2 rings (SSSR count). The van der Waals surface area contributed by atoms with Gasteiger partial charge in [-0.3, -0.25) is 9.59 Å². The molecule has 0 saturated heterocycles. The van der Waals surface area contributed by atoms with Gasteiger partial charge in [0, 0.05) is 12.0 Å². The van der Waals surface area contributed by atoms with Crippen LogP contribution in [0.2, 0.25) is 0 Å². The van der Waals surface area contributed by atoms with Gasteiger partial charge in [-0.05, 0) is 16.5 Å². The topological polar surface area (TPSA) is 55.4 Å². The normalized spacial score (nSPS) is 11.0. The second-order valence-electron chi connectivity index (χ2n) is 5.15. The Morgan fingerprint density at radius 3 is 2.12 bits per heavy atom. The molecule has 0 fully saturated rings. The maximum atomic E-state index is 12.1. The van der Waals surface area contributed by atoms with Crippen molar-refractivity contribution in [1.29, 1.82) is 0 Å². The number of thiol groups is 1. The number of esters is 1. The molecule has 0 aliphatic carbocycles. The van der Waals surface area contributed by atoms with Crippen molar-refractivity contribution < 1.29 is 14.3 Å². The Kier molecular flexibility index (Phi) is 7.11. The van der Waals surface area contributed by atoms with Crippen LogP contribution in [0.1, 0.15) is 11.1 Å². The second kappa shape index (κ2) is 9.57. The van der Waals surface area contributed by atoms with Crippen LogP contribution in [-0.2, 0) is 27.4 Å². The molecule has 0 spiro atoms. The van der Waals surface area contributed by atoms with Crippen LogP contribution in [0.3, 0.4) is 0 Å². The molecule has 0 saturated carbocycles. The number of amides is 1. The third-order valence-electron chi connectivity index (χ3n) is 3.32. The summed E-state index contributed by atoms with van der Waals surface area (Å²) in [7, 11) is 0. The van der Waals surface area contributed by atoms with Crippen LogP contribution in [-0.4, -0.2) is 18.4 Å². The van der Waals surface area contributed by atoms with Crippen LogP contribution in [0.15, 0.2) is 71.6 Å². The Labute approximate surface area is 146 Å². The number of carbonyl (C=O) groups is 2. The van der Waals surface area contributed by atoms with Gasteiger partial charge in [-0.2, -0.15) is 12.6 Å². The number of hydrogen-bond acceptors (Lipinski definition) is 4. The number of hydrogen-bond donors (Lipinski definition) is 2. The van der Waals surface area contributed by atoms with Gasteiger partial charge in [0.2, 0.25) is 5.91 Å². The Morgan fingerprint density at radius 2 is 1.54 bits per heavy atom. The predicted octanol–water partition coefficient (Wildman–Crippen LogP) is 2.90. The van der Waals surface area contributed by atoms with E-state index in [0.29, 0.717) is 12.0 Å². The molecule has 2 aromatic carbocycles. The van der Waals surface area contributed by atoms with Crippen LogP contribution < -0.4 is 5.32 Å². The van der Waals surface area contributed by atoms with E-state index in [1.165, 1.54) is 5.41 Å². The fraction of sp³-hybridized carbons (Fsp3) is 0.158. The van der Waals surface area contributed by atoms with E-state index < -0.39 is 5.97 Å². The maximum absolute atomic E-state index is 12.1.